The molecule has 0 atom stereocenters. The third kappa shape index (κ3) is 4.42. The molecule has 158 valence electrons. The lowest BCUT2D eigenvalue weighted by atomic mass is 9.96. The van der Waals surface area contributed by atoms with Crippen molar-refractivity contribution in [1.29, 1.82) is 0 Å². The van der Waals surface area contributed by atoms with E-state index < -0.39 is 10.0 Å². The molecular weight excluding hydrogens is 400 g/mol. The largest absolute Gasteiger partial charge is 0.461 e. The van der Waals surface area contributed by atoms with Crippen molar-refractivity contribution in [2.75, 3.05) is 0 Å². The number of H-pyrrole nitrogens is 1. The number of hydrogen-bond acceptors (Lipinski definition) is 4. The van der Waals surface area contributed by atoms with Crippen LogP contribution in [0.5, 0.6) is 0 Å². The van der Waals surface area contributed by atoms with E-state index in [0.717, 1.165) is 53.4 Å². The van der Waals surface area contributed by atoms with Crippen LogP contribution in [0.1, 0.15) is 44.6 Å². The van der Waals surface area contributed by atoms with E-state index in [9.17, 15) is 13.2 Å². The Morgan fingerprint density at radius 3 is 2.47 bits per heavy atom. The van der Waals surface area contributed by atoms with Crippen LogP contribution in [0.25, 0.3) is 22.2 Å². The Hall–Kier alpha value is -2.64. The molecule has 7 heteroatoms. The number of fused-ring (bicyclic) bond motifs is 1. The van der Waals surface area contributed by atoms with Gasteiger partial charge < -0.3 is 9.72 Å². The van der Waals surface area contributed by atoms with Gasteiger partial charge in [-0.05, 0) is 36.6 Å². The molecular formula is C23H26N2O4S. The number of ether oxygens (including phenoxy) is 1. The molecule has 0 bridgehead atoms. The van der Waals surface area contributed by atoms with Crippen molar-refractivity contribution in [2.24, 2.45) is 0 Å². The van der Waals surface area contributed by atoms with Crippen molar-refractivity contribution in [3.63, 3.8) is 0 Å². The minimum Gasteiger partial charge on any atom is -0.461 e. The summed E-state index contributed by atoms with van der Waals surface area (Å²) in [5, 5.41) is 0.976. The SMILES string of the molecule is CC(=O)OCc1c(-c2ccc(S(=O)(=O)NC3CCCCC3)cc2)[nH]c2ccccc12. The smallest absolute Gasteiger partial charge is 0.302 e. The first-order valence-electron chi connectivity index (χ1n) is 10.3. The van der Waals surface area contributed by atoms with Gasteiger partial charge in [0.2, 0.25) is 10.0 Å². The molecule has 0 aliphatic heterocycles. The highest BCUT2D eigenvalue weighted by Gasteiger charge is 2.22. The fourth-order valence-corrected chi connectivity index (χ4v) is 5.38. The van der Waals surface area contributed by atoms with Gasteiger partial charge in [-0.1, -0.05) is 49.6 Å². The summed E-state index contributed by atoms with van der Waals surface area (Å²) in [6.45, 7) is 1.53. The molecule has 1 aliphatic rings. The highest BCUT2D eigenvalue weighted by molar-refractivity contribution is 7.89. The number of sulfonamides is 1. The molecule has 1 heterocycles. The van der Waals surface area contributed by atoms with E-state index in [2.05, 4.69) is 9.71 Å². The predicted molar refractivity (Wildman–Crippen MR) is 116 cm³/mol. The monoisotopic (exact) mass is 426 g/mol. The van der Waals surface area contributed by atoms with Crippen LogP contribution in [-0.2, 0) is 26.2 Å². The van der Waals surface area contributed by atoms with Crippen molar-refractivity contribution < 1.29 is 17.9 Å². The molecule has 30 heavy (non-hydrogen) atoms. The molecule has 0 amide bonds. The zero-order chi connectivity index (χ0) is 21.1. The average Bonchev–Trinajstić information content (AvgIpc) is 3.11. The minimum atomic E-state index is -3.54. The highest BCUT2D eigenvalue weighted by Crippen LogP contribution is 2.31. The maximum atomic E-state index is 12.8. The van der Waals surface area contributed by atoms with Gasteiger partial charge in [-0.3, -0.25) is 4.79 Å². The van der Waals surface area contributed by atoms with E-state index in [1.165, 1.54) is 13.3 Å². The van der Waals surface area contributed by atoms with Crippen molar-refractivity contribution >= 4 is 26.9 Å². The Labute approximate surface area is 176 Å². The van der Waals surface area contributed by atoms with Crippen molar-refractivity contribution in [3.05, 3.63) is 54.1 Å². The van der Waals surface area contributed by atoms with Crippen LogP contribution >= 0.6 is 0 Å². The second-order valence-electron chi connectivity index (χ2n) is 7.78. The van der Waals surface area contributed by atoms with Crippen LogP contribution in [-0.4, -0.2) is 25.4 Å². The van der Waals surface area contributed by atoms with E-state index in [1.54, 1.807) is 24.3 Å². The number of hydrogen-bond donors (Lipinski definition) is 2. The zero-order valence-corrected chi connectivity index (χ0v) is 17.8. The predicted octanol–water partition coefficient (Wildman–Crippen LogP) is 4.51. The van der Waals surface area contributed by atoms with Gasteiger partial charge in [0.05, 0.1) is 10.6 Å². The second-order valence-corrected chi connectivity index (χ2v) is 9.50. The first kappa shape index (κ1) is 20.6. The Kier molecular flexibility index (Phi) is 5.92. The van der Waals surface area contributed by atoms with E-state index in [1.807, 2.05) is 24.3 Å². The van der Waals surface area contributed by atoms with E-state index >= 15 is 0 Å². The summed E-state index contributed by atoms with van der Waals surface area (Å²) < 4.78 is 33.6. The van der Waals surface area contributed by atoms with Crippen LogP contribution in [0.2, 0.25) is 0 Å². The fourth-order valence-electron chi connectivity index (χ4n) is 4.08. The Morgan fingerprint density at radius 1 is 1.07 bits per heavy atom. The van der Waals surface area contributed by atoms with Gasteiger partial charge in [-0.25, -0.2) is 13.1 Å². The number of aromatic amines is 1. The zero-order valence-electron chi connectivity index (χ0n) is 17.0. The summed E-state index contributed by atoms with van der Waals surface area (Å²) in [6.07, 6.45) is 5.10. The molecule has 1 aromatic heterocycles. The molecule has 1 fully saturated rings. The lowest BCUT2D eigenvalue weighted by molar-refractivity contribution is -0.142. The first-order chi connectivity index (χ1) is 14.4. The molecule has 0 radical (unpaired) electrons. The molecule has 4 rings (SSSR count). The number of nitrogens with one attached hydrogen (secondary N) is 2. The van der Waals surface area contributed by atoms with Gasteiger partial charge in [0.1, 0.15) is 6.61 Å². The lowest BCUT2D eigenvalue weighted by Gasteiger charge is -2.22. The summed E-state index contributed by atoms with van der Waals surface area (Å²) in [4.78, 5) is 15.0. The number of esters is 1. The molecule has 1 aliphatic carbocycles. The molecule has 6 nitrogen and oxygen atoms in total. The summed E-state index contributed by atoms with van der Waals surface area (Å²) in [7, 11) is -3.54. The van der Waals surface area contributed by atoms with Crippen molar-refractivity contribution in [3.8, 4) is 11.3 Å². The van der Waals surface area contributed by atoms with Crippen molar-refractivity contribution in [2.45, 2.75) is 56.6 Å². The van der Waals surface area contributed by atoms with E-state index in [-0.39, 0.29) is 23.5 Å². The summed E-state index contributed by atoms with van der Waals surface area (Å²) >= 11 is 0. The Bertz CT molecular complexity index is 1140. The minimum absolute atomic E-state index is 0.0208. The third-order valence-electron chi connectivity index (χ3n) is 5.61. The molecule has 0 spiro atoms. The maximum absolute atomic E-state index is 12.8. The summed E-state index contributed by atoms with van der Waals surface area (Å²) in [6, 6.07) is 14.7. The van der Waals surface area contributed by atoms with Crippen LogP contribution < -0.4 is 4.72 Å². The quantitative estimate of drug-likeness (QED) is 0.568. The van der Waals surface area contributed by atoms with Crippen LogP contribution in [0, 0.1) is 0 Å². The normalized spacial score (nSPS) is 15.4. The van der Waals surface area contributed by atoms with E-state index in [4.69, 9.17) is 4.74 Å². The van der Waals surface area contributed by atoms with Gasteiger partial charge in [0, 0.05) is 29.4 Å². The average molecular weight is 427 g/mol. The highest BCUT2D eigenvalue weighted by atomic mass is 32.2. The van der Waals surface area contributed by atoms with Crippen LogP contribution in [0.3, 0.4) is 0 Å². The molecule has 2 N–H and O–H groups in total. The Morgan fingerprint density at radius 2 is 1.77 bits per heavy atom. The standard InChI is InChI=1S/C23H26N2O4S/c1-16(26)29-15-21-20-9-5-6-10-22(20)24-23(21)17-11-13-19(14-12-17)30(27,28)25-18-7-3-2-4-8-18/h5-6,9-14,18,24-25H,2-4,7-8,15H2,1H3. The summed E-state index contributed by atoms with van der Waals surface area (Å²) in [5.74, 6) is -0.346. The number of benzene rings is 2. The number of aromatic nitrogens is 1. The molecule has 2 aromatic carbocycles. The summed E-state index contributed by atoms with van der Waals surface area (Å²) in [5.41, 5.74) is 3.47. The molecule has 1 saturated carbocycles. The topological polar surface area (TPSA) is 88.3 Å². The number of para-hydroxylation sites is 1. The molecule has 0 saturated heterocycles. The number of carbonyl (C=O) groups excluding carboxylic acids is 1. The van der Waals surface area contributed by atoms with Crippen LogP contribution in [0.15, 0.2) is 53.4 Å². The van der Waals surface area contributed by atoms with E-state index in [0.29, 0.717) is 0 Å². The first-order valence-corrected chi connectivity index (χ1v) is 11.8. The van der Waals surface area contributed by atoms with Gasteiger partial charge >= 0.3 is 5.97 Å². The van der Waals surface area contributed by atoms with Gasteiger partial charge in [-0.2, -0.15) is 0 Å². The lowest BCUT2D eigenvalue weighted by Crippen LogP contribution is -2.36. The third-order valence-corrected chi connectivity index (χ3v) is 7.15. The number of carbonyl (C=O) groups is 1. The van der Waals surface area contributed by atoms with Gasteiger partial charge in [0.15, 0.2) is 0 Å². The molecule has 3 aromatic rings. The number of rotatable bonds is 6. The van der Waals surface area contributed by atoms with Gasteiger partial charge in [0.25, 0.3) is 0 Å². The van der Waals surface area contributed by atoms with Gasteiger partial charge in [-0.15, -0.1) is 0 Å². The maximum Gasteiger partial charge on any atom is 0.302 e. The van der Waals surface area contributed by atoms with Crippen molar-refractivity contribution in [1.82, 2.24) is 9.71 Å². The molecule has 0 unspecified atom stereocenters. The Balaban J connectivity index is 1.63. The second kappa shape index (κ2) is 8.62. The fraction of sp³-hybridized carbons (Fsp3) is 0.348. The van der Waals surface area contributed by atoms with Crippen LogP contribution in [0.4, 0.5) is 0 Å².